The number of hydrogen-bond donors (Lipinski definition) is 0. The fourth-order valence-corrected chi connectivity index (χ4v) is 2.22. The van der Waals surface area contributed by atoms with Crippen molar-refractivity contribution in [2.45, 2.75) is 12.8 Å². The van der Waals surface area contributed by atoms with Gasteiger partial charge in [0, 0.05) is 23.4 Å². The van der Waals surface area contributed by atoms with Gasteiger partial charge >= 0.3 is 0 Å². The molecule has 0 atom stereocenters. The number of Topliss-reactive ketones (excluding diaryl/α,β-unsaturated/α-hetero) is 1. The lowest BCUT2D eigenvalue weighted by atomic mass is 10.0. The summed E-state index contributed by atoms with van der Waals surface area (Å²) < 4.78 is 39.9. The van der Waals surface area contributed by atoms with Crippen LogP contribution in [0.5, 0.6) is 0 Å². The third-order valence-electron chi connectivity index (χ3n) is 2.80. The van der Waals surface area contributed by atoms with Crippen LogP contribution in [0.1, 0.15) is 11.1 Å². The molecule has 0 radical (unpaired) electrons. The van der Waals surface area contributed by atoms with Crippen LogP contribution >= 0.6 is 15.9 Å². The van der Waals surface area contributed by atoms with Gasteiger partial charge in [0.05, 0.1) is 0 Å². The van der Waals surface area contributed by atoms with Crippen LogP contribution in [0.3, 0.4) is 0 Å². The summed E-state index contributed by atoms with van der Waals surface area (Å²) in [4.78, 5) is 11.9. The second-order valence-corrected chi connectivity index (χ2v) is 5.22. The molecule has 104 valence electrons. The SMILES string of the molecule is O=C(Cc1ccc(F)cc1F)Cc1cc(F)ccc1Br. The van der Waals surface area contributed by atoms with Gasteiger partial charge in [-0.25, -0.2) is 13.2 Å². The molecule has 0 aliphatic carbocycles. The molecular formula is C15H10BrF3O. The molecule has 5 heteroatoms. The summed E-state index contributed by atoms with van der Waals surface area (Å²) in [7, 11) is 0. The van der Waals surface area contributed by atoms with E-state index in [1.165, 1.54) is 24.3 Å². The molecule has 0 saturated heterocycles. The minimum atomic E-state index is -0.753. The summed E-state index contributed by atoms with van der Waals surface area (Å²) in [6, 6.07) is 7.12. The molecule has 0 bridgehead atoms. The quantitative estimate of drug-likeness (QED) is 0.812. The molecule has 0 N–H and O–H groups in total. The van der Waals surface area contributed by atoms with Gasteiger partial charge in [0.25, 0.3) is 0 Å². The van der Waals surface area contributed by atoms with E-state index in [0.717, 1.165) is 12.1 Å². The van der Waals surface area contributed by atoms with E-state index in [-0.39, 0.29) is 24.2 Å². The van der Waals surface area contributed by atoms with Crippen molar-refractivity contribution in [1.82, 2.24) is 0 Å². The molecule has 2 aromatic carbocycles. The molecule has 0 spiro atoms. The monoisotopic (exact) mass is 342 g/mol. The van der Waals surface area contributed by atoms with Gasteiger partial charge in [-0.1, -0.05) is 22.0 Å². The molecule has 0 unspecified atom stereocenters. The average molecular weight is 343 g/mol. The Balaban J connectivity index is 2.11. The highest BCUT2D eigenvalue weighted by atomic mass is 79.9. The van der Waals surface area contributed by atoms with E-state index in [2.05, 4.69) is 15.9 Å². The molecule has 1 nitrogen and oxygen atoms in total. The smallest absolute Gasteiger partial charge is 0.141 e. The second kappa shape index (κ2) is 6.22. The van der Waals surface area contributed by atoms with E-state index in [4.69, 9.17) is 0 Å². The largest absolute Gasteiger partial charge is 0.299 e. The van der Waals surface area contributed by atoms with Crippen LogP contribution in [0.15, 0.2) is 40.9 Å². The van der Waals surface area contributed by atoms with Crippen LogP contribution in [0.4, 0.5) is 13.2 Å². The zero-order valence-electron chi connectivity index (χ0n) is 10.3. The summed E-state index contributed by atoms with van der Waals surface area (Å²) >= 11 is 3.23. The molecule has 0 amide bonds. The number of halogens is 4. The molecule has 0 heterocycles. The third kappa shape index (κ3) is 3.70. The lowest BCUT2D eigenvalue weighted by molar-refractivity contribution is -0.117. The van der Waals surface area contributed by atoms with Gasteiger partial charge in [-0.2, -0.15) is 0 Å². The number of ketones is 1. The highest BCUT2D eigenvalue weighted by Gasteiger charge is 2.12. The summed E-state index contributed by atoms with van der Waals surface area (Å²) in [5.41, 5.74) is 0.626. The minimum absolute atomic E-state index is 0.0187. The van der Waals surface area contributed by atoms with Gasteiger partial charge in [-0.15, -0.1) is 0 Å². The van der Waals surface area contributed by atoms with Gasteiger partial charge in [0.2, 0.25) is 0 Å². The standard InChI is InChI=1S/C15H10BrF3O/c16-14-4-3-11(17)5-10(14)7-13(20)6-9-1-2-12(18)8-15(9)19/h1-5,8H,6-7H2. The fraction of sp³-hybridized carbons (Fsp3) is 0.133. The van der Waals surface area contributed by atoms with Crippen molar-refractivity contribution < 1.29 is 18.0 Å². The van der Waals surface area contributed by atoms with Crippen molar-refractivity contribution in [3.05, 3.63) is 69.4 Å². The Hall–Kier alpha value is -1.62. The summed E-state index contributed by atoms with van der Waals surface area (Å²) in [5, 5.41) is 0. The Morgan fingerprint density at radius 2 is 1.50 bits per heavy atom. The summed E-state index contributed by atoms with van der Waals surface area (Å²) in [6.07, 6.45) is -0.176. The van der Waals surface area contributed by atoms with Crippen molar-refractivity contribution in [3.8, 4) is 0 Å². The van der Waals surface area contributed by atoms with E-state index in [9.17, 15) is 18.0 Å². The molecule has 20 heavy (non-hydrogen) atoms. The van der Waals surface area contributed by atoms with Crippen LogP contribution in [0.2, 0.25) is 0 Å². The predicted octanol–water partition coefficient (Wildman–Crippen LogP) is 4.22. The maximum Gasteiger partial charge on any atom is 0.141 e. The summed E-state index contributed by atoms with van der Waals surface area (Å²) in [5.74, 6) is -2.16. The van der Waals surface area contributed by atoms with Crippen molar-refractivity contribution in [2.24, 2.45) is 0 Å². The zero-order chi connectivity index (χ0) is 14.7. The van der Waals surface area contributed by atoms with Gasteiger partial charge in [0.1, 0.15) is 23.2 Å². The molecule has 2 rings (SSSR count). The van der Waals surface area contributed by atoms with Gasteiger partial charge in [-0.05, 0) is 35.4 Å². The summed E-state index contributed by atoms with van der Waals surface area (Å²) in [6.45, 7) is 0. The first-order valence-electron chi connectivity index (χ1n) is 5.85. The lowest BCUT2D eigenvalue weighted by Gasteiger charge is -2.05. The Morgan fingerprint density at radius 1 is 0.900 bits per heavy atom. The molecule has 0 saturated carbocycles. The Labute approximate surface area is 122 Å². The van der Waals surface area contributed by atoms with Crippen molar-refractivity contribution in [1.29, 1.82) is 0 Å². The zero-order valence-corrected chi connectivity index (χ0v) is 11.9. The Bertz CT molecular complexity index is 656. The molecule has 2 aromatic rings. The van der Waals surface area contributed by atoms with Gasteiger partial charge in [-0.3, -0.25) is 4.79 Å². The third-order valence-corrected chi connectivity index (χ3v) is 3.57. The number of carbonyl (C=O) groups is 1. The number of hydrogen-bond acceptors (Lipinski definition) is 1. The Kier molecular flexibility index (Phi) is 4.60. The van der Waals surface area contributed by atoms with Crippen LogP contribution < -0.4 is 0 Å². The minimum Gasteiger partial charge on any atom is -0.299 e. The maximum absolute atomic E-state index is 13.4. The number of rotatable bonds is 4. The second-order valence-electron chi connectivity index (χ2n) is 4.36. The molecule has 0 aliphatic heterocycles. The van der Waals surface area contributed by atoms with Crippen molar-refractivity contribution in [2.75, 3.05) is 0 Å². The normalized spacial score (nSPS) is 10.6. The van der Waals surface area contributed by atoms with E-state index < -0.39 is 17.5 Å². The predicted molar refractivity (Wildman–Crippen MR) is 72.9 cm³/mol. The maximum atomic E-state index is 13.4. The topological polar surface area (TPSA) is 17.1 Å². The van der Waals surface area contributed by atoms with Crippen molar-refractivity contribution >= 4 is 21.7 Å². The van der Waals surface area contributed by atoms with Crippen LogP contribution in [-0.2, 0) is 17.6 Å². The first-order valence-corrected chi connectivity index (χ1v) is 6.64. The highest BCUT2D eigenvalue weighted by molar-refractivity contribution is 9.10. The first-order chi connectivity index (χ1) is 9.45. The highest BCUT2D eigenvalue weighted by Crippen LogP contribution is 2.19. The van der Waals surface area contributed by atoms with Gasteiger partial charge < -0.3 is 0 Å². The van der Waals surface area contributed by atoms with Crippen LogP contribution in [0, 0.1) is 17.5 Å². The van der Waals surface area contributed by atoms with E-state index in [1.807, 2.05) is 0 Å². The van der Waals surface area contributed by atoms with E-state index in [0.29, 0.717) is 10.0 Å². The Morgan fingerprint density at radius 3 is 2.20 bits per heavy atom. The number of benzene rings is 2. The van der Waals surface area contributed by atoms with E-state index >= 15 is 0 Å². The number of carbonyl (C=O) groups excluding carboxylic acids is 1. The first kappa shape index (κ1) is 14.8. The molecule has 0 fully saturated rings. The van der Waals surface area contributed by atoms with E-state index in [1.54, 1.807) is 0 Å². The molecule has 0 aromatic heterocycles. The van der Waals surface area contributed by atoms with Crippen LogP contribution in [-0.4, -0.2) is 5.78 Å². The lowest BCUT2D eigenvalue weighted by Crippen LogP contribution is -2.08. The molecule has 0 aliphatic rings. The van der Waals surface area contributed by atoms with Gasteiger partial charge in [0.15, 0.2) is 0 Å². The van der Waals surface area contributed by atoms with Crippen molar-refractivity contribution in [3.63, 3.8) is 0 Å². The molecular weight excluding hydrogens is 333 g/mol. The fourth-order valence-electron chi connectivity index (χ4n) is 1.83. The average Bonchev–Trinajstić information content (AvgIpc) is 2.37. The van der Waals surface area contributed by atoms with Crippen LogP contribution in [0.25, 0.3) is 0 Å².